The van der Waals surface area contributed by atoms with Crippen LogP contribution >= 0.6 is 0 Å². The van der Waals surface area contributed by atoms with Crippen molar-refractivity contribution in [3.63, 3.8) is 0 Å². The summed E-state index contributed by atoms with van der Waals surface area (Å²) in [6, 6.07) is 4.69. The second-order valence-corrected chi connectivity index (χ2v) is 4.71. The first-order chi connectivity index (χ1) is 8.58. The number of aliphatic hydroxyl groups excluding tert-OH is 1. The first-order valence-corrected chi connectivity index (χ1v) is 6.17. The molecule has 0 saturated heterocycles. The molecule has 0 amide bonds. The van der Waals surface area contributed by atoms with Gasteiger partial charge in [0.25, 0.3) is 5.69 Å². The third-order valence-electron chi connectivity index (χ3n) is 3.32. The Bertz CT molecular complexity index is 447. The molecule has 1 fully saturated rings. The molecule has 5 heteroatoms. The van der Waals surface area contributed by atoms with Crippen molar-refractivity contribution in [2.24, 2.45) is 0 Å². The van der Waals surface area contributed by atoms with Gasteiger partial charge in [0, 0.05) is 11.6 Å². The zero-order chi connectivity index (χ0) is 13.1. The van der Waals surface area contributed by atoms with Crippen molar-refractivity contribution in [1.29, 1.82) is 0 Å². The SMILES string of the molecule is Cc1cc(O[C@H]2CCCC[C@@H]2O)ccc1[N+](=O)[O-]. The van der Waals surface area contributed by atoms with Gasteiger partial charge in [-0.05, 0) is 38.3 Å². The van der Waals surface area contributed by atoms with Gasteiger partial charge in [-0.15, -0.1) is 0 Å². The number of nitro benzene ring substituents is 1. The maximum absolute atomic E-state index is 10.7. The highest BCUT2D eigenvalue weighted by molar-refractivity contribution is 5.44. The lowest BCUT2D eigenvalue weighted by atomic mass is 9.95. The van der Waals surface area contributed by atoms with Crippen LogP contribution in [0.25, 0.3) is 0 Å². The summed E-state index contributed by atoms with van der Waals surface area (Å²) in [5.41, 5.74) is 0.661. The van der Waals surface area contributed by atoms with Crippen LogP contribution in [0.5, 0.6) is 5.75 Å². The maximum atomic E-state index is 10.7. The van der Waals surface area contributed by atoms with Crippen molar-refractivity contribution in [3.05, 3.63) is 33.9 Å². The van der Waals surface area contributed by atoms with E-state index >= 15 is 0 Å². The summed E-state index contributed by atoms with van der Waals surface area (Å²) in [6.07, 6.45) is 3.04. The summed E-state index contributed by atoms with van der Waals surface area (Å²) in [6.45, 7) is 1.68. The summed E-state index contributed by atoms with van der Waals surface area (Å²) in [5.74, 6) is 0.587. The lowest BCUT2D eigenvalue weighted by Crippen LogP contribution is -2.34. The summed E-state index contributed by atoms with van der Waals surface area (Å²) >= 11 is 0. The molecule has 0 bridgehead atoms. The van der Waals surface area contributed by atoms with E-state index in [-0.39, 0.29) is 11.8 Å². The van der Waals surface area contributed by atoms with Crippen LogP contribution in [0.4, 0.5) is 5.69 Å². The van der Waals surface area contributed by atoms with Crippen LogP contribution in [0.15, 0.2) is 18.2 Å². The van der Waals surface area contributed by atoms with Gasteiger partial charge in [-0.3, -0.25) is 10.1 Å². The number of aliphatic hydroxyl groups is 1. The average Bonchev–Trinajstić information content (AvgIpc) is 2.32. The van der Waals surface area contributed by atoms with Crippen LogP contribution in [0, 0.1) is 17.0 Å². The van der Waals surface area contributed by atoms with E-state index in [4.69, 9.17) is 4.74 Å². The largest absolute Gasteiger partial charge is 0.488 e. The molecule has 1 aromatic rings. The van der Waals surface area contributed by atoms with Gasteiger partial charge in [0.15, 0.2) is 0 Å². The third-order valence-corrected chi connectivity index (χ3v) is 3.32. The first-order valence-electron chi connectivity index (χ1n) is 6.17. The van der Waals surface area contributed by atoms with Crippen molar-refractivity contribution in [2.45, 2.75) is 44.8 Å². The van der Waals surface area contributed by atoms with Gasteiger partial charge in [0.1, 0.15) is 11.9 Å². The van der Waals surface area contributed by atoms with E-state index in [9.17, 15) is 15.2 Å². The smallest absolute Gasteiger partial charge is 0.272 e. The van der Waals surface area contributed by atoms with Gasteiger partial charge in [-0.25, -0.2) is 0 Å². The molecule has 1 aromatic carbocycles. The van der Waals surface area contributed by atoms with Gasteiger partial charge >= 0.3 is 0 Å². The van der Waals surface area contributed by atoms with Crippen LogP contribution in [0.3, 0.4) is 0 Å². The minimum atomic E-state index is -0.436. The molecule has 2 rings (SSSR count). The van der Waals surface area contributed by atoms with Crippen LogP contribution in [-0.4, -0.2) is 22.2 Å². The molecule has 1 saturated carbocycles. The Labute approximate surface area is 106 Å². The minimum absolute atomic E-state index is 0.0894. The zero-order valence-corrected chi connectivity index (χ0v) is 10.3. The lowest BCUT2D eigenvalue weighted by molar-refractivity contribution is -0.385. The van der Waals surface area contributed by atoms with Gasteiger partial charge in [0.05, 0.1) is 11.0 Å². The number of nitro groups is 1. The molecule has 0 heterocycles. The Morgan fingerprint density at radius 3 is 2.72 bits per heavy atom. The summed E-state index contributed by atoms with van der Waals surface area (Å²) in [7, 11) is 0. The molecule has 98 valence electrons. The number of aryl methyl sites for hydroxylation is 1. The predicted molar refractivity (Wildman–Crippen MR) is 66.7 cm³/mol. The average molecular weight is 251 g/mol. The minimum Gasteiger partial charge on any atom is -0.488 e. The molecule has 0 spiro atoms. The monoisotopic (exact) mass is 251 g/mol. The molecular formula is C13H17NO4. The van der Waals surface area contributed by atoms with Crippen molar-refractivity contribution < 1.29 is 14.8 Å². The summed E-state index contributed by atoms with van der Waals surface area (Å²) in [5, 5.41) is 20.5. The van der Waals surface area contributed by atoms with E-state index in [2.05, 4.69) is 0 Å². The van der Waals surface area contributed by atoms with E-state index in [1.807, 2.05) is 0 Å². The fourth-order valence-electron chi connectivity index (χ4n) is 2.30. The van der Waals surface area contributed by atoms with Gasteiger partial charge in [0.2, 0.25) is 0 Å². The molecular weight excluding hydrogens is 234 g/mol. The van der Waals surface area contributed by atoms with Gasteiger partial charge in [-0.1, -0.05) is 6.42 Å². The molecule has 5 nitrogen and oxygen atoms in total. The second kappa shape index (κ2) is 5.35. The first kappa shape index (κ1) is 12.8. The fourth-order valence-corrected chi connectivity index (χ4v) is 2.30. The molecule has 0 unspecified atom stereocenters. The Kier molecular flexibility index (Phi) is 3.81. The topological polar surface area (TPSA) is 72.6 Å². The van der Waals surface area contributed by atoms with E-state index in [0.717, 1.165) is 25.7 Å². The van der Waals surface area contributed by atoms with Gasteiger partial charge in [-0.2, -0.15) is 0 Å². The number of rotatable bonds is 3. The van der Waals surface area contributed by atoms with Crippen LogP contribution in [0.2, 0.25) is 0 Å². The summed E-state index contributed by atoms with van der Waals surface area (Å²) < 4.78 is 5.71. The highest BCUT2D eigenvalue weighted by Gasteiger charge is 2.25. The fraction of sp³-hybridized carbons (Fsp3) is 0.538. The maximum Gasteiger partial charge on any atom is 0.272 e. The number of ether oxygens (including phenoxy) is 1. The highest BCUT2D eigenvalue weighted by Crippen LogP contribution is 2.27. The number of benzene rings is 1. The normalized spacial score (nSPS) is 23.7. The van der Waals surface area contributed by atoms with Crippen LogP contribution in [-0.2, 0) is 0 Å². The number of hydrogen-bond acceptors (Lipinski definition) is 4. The Hall–Kier alpha value is -1.62. The third kappa shape index (κ3) is 2.79. The van der Waals surface area contributed by atoms with Crippen molar-refractivity contribution in [1.82, 2.24) is 0 Å². The Morgan fingerprint density at radius 2 is 2.11 bits per heavy atom. The zero-order valence-electron chi connectivity index (χ0n) is 10.3. The van der Waals surface area contributed by atoms with E-state index < -0.39 is 11.0 Å². The highest BCUT2D eigenvalue weighted by atomic mass is 16.6. The van der Waals surface area contributed by atoms with Crippen molar-refractivity contribution in [3.8, 4) is 5.75 Å². The molecule has 0 aromatic heterocycles. The molecule has 0 aliphatic heterocycles. The Morgan fingerprint density at radius 1 is 1.39 bits per heavy atom. The van der Waals surface area contributed by atoms with Gasteiger partial charge < -0.3 is 9.84 Å². The molecule has 2 atom stereocenters. The van der Waals surface area contributed by atoms with Crippen LogP contribution < -0.4 is 4.74 Å². The summed E-state index contributed by atoms with van der Waals surface area (Å²) in [4.78, 5) is 10.3. The Balaban J connectivity index is 2.10. The lowest BCUT2D eigenvalue weighted by Gasteiger charge is -2.28. The van der Waals surface area contributed by atoms with Crippen molar-refractivity contribution in [2.75, 3.05) is 0 Å². The second-order valence-electron chi connectivity index (χ2n) is 4.71. The van der Waals surface area contributed by atoms with Crippen LogP contribution in [0.1, 0.15) is 31.2 Å². The number of nitrogens with zero attached hydrogens (tertiary/aromatic N) is 1. The van der Waals surface area contributed by atoms with E-state index in [1.54, 1.807) is 19.1 Å². The van der Waals surface area contributed by atoms with E-state index in [1.165, 1.54) is 6.07 Å². The number of hydrogen-bond donors (Lipinski definition) is 1. The molecule has 1 N–H and O–H groups in total. The van der Waals surface area contributed by atoms with Crippen molar-refractivity contribution >= 4 is 5.69 Å². The molecule has 1 aliphatic carbocycles. The van der Waals surface area contributed by atoms with E-state index in [0.29, 0.717) is 11.3 Å². The predicted octanol–water partition coefficient (Wildman–Crippen LogP) is 2.59. The molecule has 18 heavy (non-hydrogen) atoms. The standard InChI is InChI=1S/C13H17NO4/c1-9-8-10(6-7-11(9)14(16)17)18-13-5-3-2-4-12(13)15/h6-8,12-13,15H,2-5H2,1H3/t12-,13-/m0/s1. The quantitative estimate of drug-likeness (QED) is 0.662. The molecule has 1 aliphatic rings. The molecule has 0 radical (unpaired) electrons.